The number of esters is 3. The number of hydrogen-bond donors (Lipinski definition) is 0. The van der Waals surface area contributed by atoms with Crippen LogP contribution < -0.4 is 0 Å². The van der Waals surface area contributed by atoms with Crippen LogP contribution in [0.2, 0.25) is 0 Å². The smallest absolute Gasteiger partial charge is 0.309 e. The molecule has 1 atom stereocenters. The van der Waals surface area contributed by atoms with Crippen molar-refractivity contribution in [1.29, 1.82) is 0 Å². The van der Waals surface area contributed by atoms with Crippen LogP contribution in [0.4, 0.5) is 0 Å². The average Bonchev–Trinajstić information content (AvgIpc) is 3.42. The highest BCUT2D eigenvalue weighted by Gasteiger charge is 2.19. The molecule has 0 N–H and O–H groups in total. The molecule has 0 aliphatic rings. The minimum atomic E-state index is -0.821. The first kappa shape index (κ1) is 72.1. The summed E-state index contributed by atoms with van der Waals surface area (Å²) in [6.07, 6.45) is 86.9. The second-order valence-corrected chi connectivity index (χ2v) is 20.9. The van der Waals surface area contributed by atoms with Crippen LogP contribution in [0.5, 0.6) is 0 Å². The molecule has 0 aliphatic heterocycles. The molecule has 6 heteroatoms. The molecule has 0 bridgehead atoms. The highest BCUT2D eigenvalue weighted by molar-refractivity contribution is 5.72. The molecular weight excluding hydrogens is 937 g/mol. The van der Waals surface area contributed by atoms with E-state index in [1.54, 1.807) is 6.08 Å². The van der Waals surface area contributed by atoms with E-state index in [-0.39, 0.29) is 31.6 Å². The van der Waals surface area contributed by atoms with Gasteiger partial charge in [-0.15, -0.1) is 0 Å². The molecule has 0 saturated heterocycles. The zero-order valence-corrected chi connectivity index (χ0v) is 49.7. The zero-order valence-electron chi connectivity index (χ0n) is 49.7. The first-order valence-electron chi connectivity index (χ1n) is 31.9. The lowest BCUT2D eigenvalue weighted by atomic mass is 10.0. The minimum Gasteiger partial charge on any atom is -0.462 e. The summed E-state index contributed by atoms with van der Waals surface area (Å²) in [6.45, 7) is 6.35. The zero-order chi connectivity index (χ0) is 55.0. The second kappa shape index (κ2) is 63.6. The predicted octanol–water partition coefficient (Wildman–Crippen LogP) is 21.8. The fraction of sp³-hybridized carbons (Fsp3) is 0.700. The lowest BCUT2D eigenvalue weighted by Crippen LogP contribution is -2.30. The van der Waals surface area contributed by atoms with Gasteiger partial charge < -0.3 is 14.2 Å². The van der Waals surface area contributed by atoms with Crippen molar-refractivity contribution in [2.75, 3.05) is 13.2 Å². The summed E-state index contributed by atoms with van der Waals surface area (Å²) in [5.74, 6) is -1.04. The summed E-state index contributed by atoms with van der Waals surface area (Å²) in [6, 6.07) is 0. The van der Waals surface area contributed by atoms with Crippen LogP contribution in [0.15, 0.2) is 109 Å². The van der Waals surface area contributed by atoms with Gasteiger partial charge in [-0.25, -0.2) is 0 Å². The van der Waals surface area contributed by atoms with E-state index in [0.717, 1.165) is 96.3 Å². The van der Waals surface area contributed by atoms with Crippen LogP contribution in [-0.2, 0) is 28.6 Å². The molecule has 0 amide bonds. The molecule has 0 rings (SSSR count). The number of ether oxygens (including phenoxy) is 3. The number of rotatable bonds is 57. The first-order valence-corrected chi connectivity index (χ1v) is 31.9. The standard InChI is InChI=1S/C70H118O6/c1-4-7-10-13-16-19-22-25-28-30-32-34-35-36-38-39-42-45-48-51-54-57-60-63-69(72)75-66-67(65-74-68(71)62-59-56-53-50-47-44-41-27-24-21-18-15-12-9-6-3)76-70(73)64-61-58-55-52-49-46-43-40-37-33-31-29-26-23-20-17-14-11-8-5-2/h7,9-10,12,16,18-19,21,25,27-28,32,34,41,47,50,56,59,67H,4-6,8,11,13-15,17,20,22-24,26,29-31,33,35-40,42-46,48-49,51-55,57-58,60-66H2,1-3H3/b10-7-,12-9-,19-16-,21-18-,28-25-,34-32-,41-27-,50-47-,59-56-. The van der Waals surface area contributed by atoms with E-state index in [9.17, 15) is 14.4 Å². The molecule has 0 fully saturated rings. The van der Waals surface area contributed by atoms with E-state index in [1.807, 2.05) is 6.08 Å². The van der Waals surface area contributed by atoms with Crippen LogP contribution in [0, 0.1) is 0 Å². The molecule has 0 aromatic heterocycles. The highest BCUT2D eigenvalue weighted by atomic mass is 16.6. The molecule has 0 saturated carbocycles. The van der Waals surface area contributed by atoms with Gasteiger partial charge in [0, 0.05) is 12.8 Å². The summed E-state index contributed by atoms with van der Waals surface area (Å²) in [5.41, 5.74) is 0. The SMILES string of the molecule is CC/C=C\C/C=C\C/C=C\C/C=C\C/C=C\CC(=O)OCC(COC(=O)CCCCCCCCCCCC/C=C\C/C=C\C/C=C\C/C=C\CC)OC(=O)CCCCCCCCCCCCCCCCCCCCCC. The molecule has 76 heavy (non-hydrogen) atoms. The summed E-state index contributed by atoms with van der Waals surface area (Å²) in [4.78, 5) is 38.3. The van der Waals surface area contributed by atoms with E-state index < -0.39 is 12.1 Å². The van der Waals surface area contributed by atoms with Gasteiger partial charge in [0.25, 0.3) is 0 Å². The topological polar surface area (TPSA) is 78.9 Å². The van der Waals surface area contributed by atoms with Crippen molar-refractivity contribution < 1.29 is 28.6 Å². The van der Waals surface area contributed by atoms with Gasteiger partial charge in [-0.2, -0.15) is 0 Å². The van der Waals surface area contributed by atoms with Crippen molar-refractivity contribution in [3.05, 3.63) is 109 Å². The van der Waals surface area contributed by atoms with Crippen molar-refractivity contribution in [2.45, 2.75) is 303 Å². The fourth-order valence-corrected chi connectivity index (χ4v) is 8.86. The third-order valence-corrected chi connectivity index (χ3v) is 13.6. The highest BCUT2D eigenvalue weighted by Crippen LogP contribution is 2.17. The molecule has 0 spiro atoms. The molecule has 0 aromatic rings. The number of carbonyl (C=O) groups excluding carboxylic acids is 3. The van der Waals surface area contributed by atoms with Crippen molar-refractivity contribution >= 4 is 17.9 Å². The van der Waals surface area contributed by atoms with Gasteiger partial charge in [0.1, 0.15) is 13.2 Å². The maximum Gasteiger partial charge on any atom is 0.309 e. The maximum absolute atomic E-state index is 12.9. The van der Waals surface area contributed by atoms with Gasteiger partial charge >= 0.3 is 17.9 Å². The van der Waals surface area contributed by atoms with Crippen LogP contribution in [0.25, 0.3) is 0 Å². The molecule has 1 unspecified atom stereocenters. The van der Waals surface area contributed by atoms with Crippen LogP contribution >= 0.6 is 0 Å². The van der Waals surface area contributed by atoms with Gasteiger partial charge in [-0.05, 0) is 83.5 Å². The van der Waals surface area contributed by atoms with Crippen molar-refractivity contribution in [3.63, 3.8) is 0 Å². The molecule has 0 aromatic carbocycles. The van der Waals surface area contributed by atoms with E-state index in [4.69, 9.17) is 14.2 Å². The molecule has 0 aliphatic carbocycles. The number of unbranched alkanes of at least 4 members (excludes halogenated alkanes) is 29. The Morgan fingerprint density at radius 3 is 0.921 bits per heavy atom. The van der Waals surface area contributed by atoms with Gasteiger partial charge in [-0.1, -0.05) is 304 Å². The van der Waals surface area contributed by atoms with E-state index >= 15 is 0 Å². The third-order valence-electron chi connectivity index (χ3n) is 13.6. The van der Waals surface area contributed by atoms with Crippen molar-refractivity contribution in [2.24, 2.45) is 0 Å². The van der Waals surface area contributed by atoms with E-state index in [0.29, 0.717) is 12.8 Å². The summed E-state index contributed by atoms with van der Waals surface area (Å²) >= 11 is 0. The fourth-order valence-electron chi connectivity index (χ4n) is 8.86. The average molecular weight is 1060 g/mol. The Morgan fingerprint density at radius 2 is 0.566 bits per heavy atom. The Labute approximate surface area is 470 Å². The molecule has 434 valence electrons. The van der Waals surface area contributed by atoms with Crippen LogP contribution in [0.1, 0.15) is 297 Å². The number of carbonyl (C=O) groups is 3. The second-order valence-electron chi connectivity index (χ2n) is 20.9. The Balaban J connectivity index is 4.42. The molecule has 6 nitrogen and oxygen atoms in total. The Kier molecular flexibility index (Phi) is 60.3. The van der Waals surface area contributed by atoms with Gasteiger partial charge in [0.15, 0.2) is 6.10 Å². The van der Waals surface area contributed by atoms with E-state index in [2.05, 4.69) is 118 Å². The van der Waals surface area contributed by atoms with Crippen LogP contribution in [0.3, 0.4) is 0 Å². The van der Waals surface area contributed by atoms with Gasteiger partial charge in [-0.3, -0.25) is 14.4 Å². The summed E-state index contributed by atoms with van der Waals surface area (Å²) in [5, 5.41) is 0. The third kappa shape index (κ3) is 60.9. The maximum atomic E-state index is 12.9. The Hall–Kier alpha value is -3.93. The van der Waals surface area contributed by atoms with Gasteiger partial charge in [0.05, 0.1) is 6.42 Å². The normalized spacial score (nSPS) is 12.8. The van der Waals surface area contributed by atoms with Gasteiger partial charge in [0.2, 0.25) is 0 Å². The quantitative estimate of drug-likeness (QED) is 0.0261. The molecule has 0 radical (unpaired) electrons. The number of allylic oxidation sites excluding steroid dienone is 17. The van der Waals surface area contributed by atoms with Crippen molar-refractivity contribution in [1.82, 2.24) is 0 Å². The Morgan fingerprint density at radius 1 is 0.289 bits per heavy atom. The predicted molar refractivity (Wildman–Crippen MR) is 330 cm³/mol. The molecular formula is C70H118O6. The summed E-state index contributed by atoms with van der Waals surface area (Å²) in [7, 11) is 0. The van der Waals surface area contributed by atoms with Crippen molar-refractivity contribution in [3.8, 4) is 0 Å². The molecule has 0 heterocycles. The van der Waals surface area contributed by atoms with E-state index in [1.165, 1.54) is 161 Å². The number of hydrogen-bond acceptors (Lipinski definition) is 6. The monoisotopic (exact) mass is 1050 g/mol. The summed E-state index contributed by atoms with van der Waals surface area (Å²) < 4.78 is 16.8. The lowest BCUT2D eigenvalue weighted by molar-refractivity contribution is -0.166. The lowest BCUT2D eigenvalue weighted by Gasteiger charge is -2.18. The van der Waals surface area contributed by atoms with Crippen LogP contribution in [-0.4, -0.2) is 37.2 Å². The minimum absolute atomic E-state index is 0.109. The Bertz CT molecular complexity index is 1540. The first-order chi connectivity index (χ1) is 37.5. The largest absolute Gasteiger partial charge is 0.462 e.